The number of thiophene rings is 1. The molecule has 2 rings (SSSR count). The predicted molar refractivity (Wildman–Crippen MR) is 72.2 cm³/mol. The zero-order chi connectivity index (χ0) is 13.1. The number of rotatable bonds is 4. The second-order valence-electron chi connectivity index (χ2n) is 3.44. The van der Waals surface area contributed by atoms with Gasteiger partial charge in [-0.1, -0.05) is 11.6 Å². The molecule has 0 bridgehead atoms. The summed E-state index contributed by atoms with van der Waals surface area (Å²) < 4.78 is 13.0. The molecular weight excluding hydrogens is 295 g/mol. The van der Waals surface area contributed by atoms with Crippen LogP contribution in [-0.2, 0) is 5.75 Å². The molecule has 18 heavy (non-hydrogen) atoms. The summed E-state index contributed by atoms with van der Waals surface area (Å²) in [5, 5.41) is 10.8. The third-order valence-electron chi connectivity index (χ3n) is 2.23. The van der Waals surface area contributed by atoms with Crippen molar-refractivity contribution in [2.75, 3.05) is 0 Å². The summed E-state index contributed by atoms with van der Waals surface area (Å²) in [6, 6.07) is 6.25. The van der Waals surface area contributed by atoms with E-state index in [1.807, 2.05) is 0 Å². The molecule has 2 aromatic rings. The van der Waals surface area contributed by atoms with Crippen molar-refractivity contribution in [1.29, 1.82) is 0 Å². The molecule has 0 aliphatic heterocycles. The Balaban J connectivity index is 2.09. The van der Waals surface area contributed by atoms with Gasteiger partial charge in [0.15, 0.2) is 0 Å². The zero-order valence-corrected chi connectivity index (χ0v) is 11.4. The van der Waals surface area contributed by atoms with Crippen LogP contribution < -0.4 is 0 Å². The lowest BCUT2D eigenvalue weighted by molar-refractivity contribution is 0.0701. The summed E-state index contributed by atoms with van der Waals surface area (Å²) in [6.45, 7) is 0. The number of thioether (sulfide) groups is 1. The number of halogens is 2. The largest absolute Gasteiger partial charge is 0.477 e. The van der Waals surface area contributed by atoms with E-state index in [9.17, 15) is 9.18 Å². The third kappa shape index (κ3) is 3.04. The van der Waals surface area contributed by atoms with Crippen LogP contribution in [0.3, 0.4) is 0 Å². The van der Waals surface area contributed by atoms with E-state index in [0.29, 0.717) is 10.6 Å². The lowest BCUT2D eigenvalue weighted by atomic mass is 10.3. The van der Waals surface area contributed by atoms with E-state index in [4.69, 9.17) is 16.7 Å². The molecule has 0 fully saturated rings. The molecule has 0 unspecified atom stereocenters. The van der Waals surface area contributed by atoms with E-state index in [0.717, 1.165) is 10.5 Å². The normalized spacial score (nSPS) is 10.6. The molecule has 0 aliphatic rings. The van der Waals surface area contributed by atoms with Crippen molar-refractivity contribution < 1.29 is 14.3 Å². The number of hydrogen-bond donors (Lipinski definition) is 1. The van der Waals surface area contributed by atoms with Gasteiger partial charge in [-0.25, -0.2) is 9.18 Å². The fourth-order valence-electron chi connectivity index (χ4n) is 1.36. The highest BCUT2D eigenvalue weighted by molar-refractivity contribution is 7.98. The van der Waals surface area contributed by atoms with Gasteiger partial charge in [0.05, 0.1) is 5.02 Å². The summed E-state index contributed by atoms with van der Waals surface area (Å²) in [5.41, 5.74) is 0.762. The number of carboxylic acids is 1. The molecule has 1 heterocycles. The monoisotopic (exact) mass is 302 g/mol. The molecule has 2 nitrogen and oxygen atoms in total. The molecule has 0 amide bonds. The molecular formula is C12H8ClFO2S2. The van der Waals surface area contributed by atoms with Gasteiger partial charge in [0.25, 0.3) is 0 Å². The molecule has 0 aliphatic carbocycles. The van der Waals surface area contributed by atoms with Crippen molar-refractivity contribution in [3.05, 3.63) is 50.9 Å². The Kier molecular flexibility index (Phi) is 4.27. The van der Waals surface area contributed by atoms with Crippen molar-refractivity contribution >= 4 is 40.7 Å². The van der Waals surface area contributed by atoms with Gasteiger partial charge < -0.3 is 5.11 Å². The zero-order valence-electron chi connectivity index (χ0n) is 9.02. The van der Waals surface area contributed by atoms with Crippen LogP contribution in [0.5, 0.6) is 0 Å². The molecule has 6 heteroatoms. The Bertz CT molecular complexity index is 583. The van der Waals surface area contributed by atoms with E-state index in [1.54, 1.807) is 17.5 Å². The number of carboxylic acid groups (broad SMARTS) is 1. The number of benzene rings is 1. The topological polar surface area (TPSA) is 37.3 Å². The van der Waals surface area contributed by atoms with Gasteiger partial charge >= 0.3 is 5.97 Å². The fourth-order valence-corrected chi connectivity index (χ4v) is 3.39. The van der Waals surface area contributed by atoms with Crippen LogP contribution in [0.2, 0.25) is 5.02 Å². The first-order valence-electron chi connectivity index (χ1n) is 4.95. The van der Waals surface area contributed by atoms with E-state index in [-0.39, 0.29) is 5.02 Å². The van der Waals surface area contributed by atoms with E-state index < -0.39 is 11.8 Å². The fraction of sp³-hybridized carbons (Fsp3) is 0.0833. The second kappa shape index (κ2) is 5.73. The highest BCUT2D eigenvalue weighted by Gasteiger charge is 2.11. The minimum atomic E-state index is -0.919. The van der Waals surface area contributed by atoms with Crippen molar-refractivity contribution in [3.63, 3.8) is 0 Å². The maximum atomic E-state index is 13.0. The average Bonchev–Trinajstić information content (AvgIpc) is 2.79. The average molecular weight is 303 g/mol. The first kappa shape index (κ1) is 13.4. The number of hydrogen-bond acceptors (Lipinski definition) is 3. The van der Waals surface area contributed by atoms with E-state index in [2.05, 4.69) is 0 Å². The number of carbonyl (C=O) groups is 1. The lowest BCUT2D eigenvalue weighted by Gasteiger charge is -2.02. The van der Waals surface area contributed by atoms with Crippen molar-refractivity contribution in [2.45, 2.75) is 10.6 Å². The molecule has 1 N–H and O–H groups in total. The summed E-state index contributed by atoms with van der Waals surface area (Å²) >= 11 is 8.30. The van der Waals surface area contributed by atoms with Crippen LogP contribution >= 0.6 is 34.7 Å². The maximum absolute atomic E-state index is 13.0. The quantitative estimate of drug-likeness (QED) is 0.843. The van der Waals surface area contributed by atoms with Crippen LogP contribution in [0, 0.1) is 5.82 Å². The molecule has 1 aromatic carbocycles. The minimum absolute atomic E-state index is 0.0729. The molecule has 0 saturated heterocycles. The molecule has 0 atom stereocenters. The van der Waals surface area contributed by atoms with Gasteiger partial charge in [-0.05, 0) is 35.2 Å². The van der Waals surface area contributed by atoms with Crippen LogP contribution in [0.25, 0.3) is 0 Å². The molecule has 0 saturated carbocycles. The van der Waals surface area contributed by atoms with Gasteiger partial charge in [0, 0.05) is 10.6 Å². The van der Waals surface area contributed by atoms with E-state index >= 15 is 0 Å². The SMILES string of the molecule is O=C(O)c1sccc1CSc1ccc(F)c(Cl)c1. The Labute approximate surface area is 116 Å². The Morgan fingerprint density at radius 2 is 2.22 bits per heavy atom. The van der Waals surface area contributed by atoms with Crippen LogP contribution in [-0.4, -0.2) is 11.1 Å². The van der Waals surface area contributed by atoms with E-state index in [1.165, 1.54) is 35.2 Å². The van der Waals surface area contributed by atoms with Gasteiger partial charge in [0.2, 0.25) is 0 Å². The van der Waals surface area contributed by atoms with Crippen LogP contribution in [0.1, 0.15) is 15.2 Å². The van der Waals surface area contributed by atoms with Gasteiger partial charge in [0.1, 0.15) is 10.7 Å². The number of aromatic carboxylic acids is 1. The van der Waals surface area contributed by atoms with Gasteiger partial charge in [-0.15, -0.1) is 23.1 Å². The minimum Gasteiger partial charge on any atom is -0.477 e. The van der Waals surface area contributed by atoms with Crippen molar-refractivity contribution in [1.82, 2.24) is 0 Å². The second-order valence-corrected chi connectivity index (χ2v) is 5.82. The maximum Gasteiger partial charge on any atom is 0.346 e. The van der Waals surface area contributed by atoms with Gasteiger partial charge in [-0.3, -0.25) is 0 Å². The van der Waals surface area contributed by atoms with Crippen molar-refractivity contribution in [3.8, 4) is 0 Å². The van der Waals surface area contributed by atoms with Crippen LogP contribution in [0.15, 0.2) is 34.5 Å². The summed E-state index contributed by atoms with van der Waals surface area (Å²) in [6.07, 6.45) is 0. The van der Waals surface area contributed by atoms with Crippen molar-refractivity contribution in [2.24, 2.45) is 0 Å². The Morgan fingerprint density at radius 3 is 2.89 bits per heavy atom. The lowest BCUT2D eigenvalue weighted by Crippen LogP contribution is -1.96. The first-order chi connectivity index (χ1) is 8.58. The first-order valence-corrected chi connectivity index (χ1v) is 7.20. The van der Waals surface area contributed by atoms with Gasteiger partial charge in [-0.2, -0.15) is 0 Å². The van der Waals surface area contributed by atoms with Crippen LogP contribution in [0.4, 0.5) is 4.39 Å². The smallest absolute Gasteiger partial charge is 0.346 e. The molecule has 0 spiro atoms. The molecule has 94 valence electrons. The standard InChI is InChI=1S/C12H8ClFO2S2/c13-9-5-8(1-2-10(9)14)18-6-7-3-4-17-11(7)12(15)16/h1-5H,6H2,(H,15,16). The third-order valence-corrected chi connectivity index (χ3v) is 4.50. The Hall–Kier alpha value is -1.04. The molecule has 1 aromatic heterocycles. The summed E-state index contributed by atoms with van der Waals surface area (Å²) in [5.74, 6) is -0.854. The highest BCUT2D eigenvalue weighted by Crippen LogP contribution is 2.29. The Morgan fingerprint density at radius 1 is 1.44 bits per heavy atom. The summed E-state index contributed by atoms with van der Waals surface area (Å²) in [7, 11) is 0. The molecule has 0 radical (unpaired) electrons. The summed E-state index contributed by atoms with van der Waals surface area (Å²) in [4.78, 5) is 12.1. The highest BCUT2D eigenvalue weighted by atomic mass is 35.5. The predicted octanol–water partition coefficient (Wildman–Crippen LogP) is 4.53.